The smallest absolute Gasteiger partial charge is 0.330 e. The molecule has 2 aliphatic heterocycles. The molecule has 22 heteroatoms. The highest BCUT2D eigenvalue weighted by atomic mass is 19.1. The number of esters is 2. The third kappa shape index (κ3) is 18.7. The summed E-state index contributed by atoms with van der Waals surface area (Å²) < 4.78 is 44.6. The average molecular weight is 1240 g/mol. The molecule has 90 heavy (non-hydrogen) atoms. The van der Waals surface area contributed by atoms with E-state index in [4.69, 9.17) is 23.7 Å². The normalized spacial score (nSPS) is 21.0. The van der Waals surface area contributed by atoms with Crippen LogP contribution < -0.4 is 24.8 Å². The second-order valence-corrected chi connectivity index (χ2v) is 23.1. The number of hydrogen-bond donors (Lipinski definition) is 3. The minimum atomic E-state index is -1.55. The molecular formula is C68H79FN6O15. The number of phenolic OH excluding ortho intramolecular Hbond substituents is 1. The first-order chi connectivity index (χ1) is 43.0. The maximum Gasteiger partial charge on any atom is 0.330 e. The second kappa shape index (κ2) is 32.0. The lowest BCUT2D eigenvalue weighted by atomic mass is 9.87. The molecule has 1 fully saturated rings. The monoisotopic (exact) mass is 1240 g/mol. The van der Waals surface area contributed by atoms with Crippen molar-refractivity contribution in [1.29, 1.82) is 0 Å². The number of piperidine rings is 1. The molecule has 0 unspecified atom stereocenters. The molecule has 478 valence electrons. The Kier molecular flexibility index (Phi) is 24.2. The van der Waals surface area contributed by atoms with E-state index < -0.39 is 120 Å². The fourth-order valence-electron chi connectivity index (χ4n) is 10.5. The van der Waals surface area contributed by atoms with Gasteiger partial charge < -0.3 is 59.0 Å². The molecule has 5 aromatic carbocycles. The van der Waals surface area contributed by atoms with Crippen LogP contribution in [0.25, 0.3) is 0 Å². The predicted octanol–water partition coefficient (Wildman–Crippen LogP) is 6.07. The summed E-state index contributed by atoms with van der Waals surface area (Å²) in [5, 5.41) is 15.8. The number of fused-ring (bicyclic) bond motifs is 3. The number of cyclic esters (lactones) is 2. The highest BCUT2D eigenvalue weighted by Crippen LogP contribution is 2.34. The van der Waals surface area contributed by atoms with Crippen LogP contribution in [0.1, 0.15) is 79.9 Å². The van der Waals surface area contributed by atoms with E-state index >= 15 is 4.39 Å². The molecular weight excluding hydrogens is 1160 g/mol. The van der Waals surface area contributed by atoms with E-state index in [9.17, 15) is 48.3 Å². The highest BCUT2D eigenvalue weighted by Gasteiger charge is 2.43. The Morgan fingerprint density at radius 1 is 0.678 bits per heavy atom. The molecule has 2 heterocycles. The number of nitrogens with zero attached hydrogens (tertiary/aromatic N) is 4. The zero-order valence-electron chi connectivity index (χ0n) is 51.8. The molecule has 0 spiro atoms. The van der Waals surface area contributed by atoms with Crippen LogP contribution in [-0.4, -0.2) is 170 Å². The van der Waals surface area contributed by atoms with Gasteiger partial charge in [-0.15, -0.1) is 0 Å². The van der Waals surface area contributed by atoms with Crippen LogP contribution in [0.4, 0.5) is 4.39 Å². The lowest BCUT2D eigenvalue weighted by Crippen LogP contribution is -2.57. The van der Waals surface area contributed by atoms with Crippen LogP contribution in [0.2, 0.25) is 0 Å². The van der Waals surface area contributed by atoms with Gasteiger partial charge in [0, 0.05) is 59.6 Å². The fraction of sp³-hybridized carbons (Fsp3) is 0.397. The molecule has 0 radical (unpaired) electrons. The minimum Gasteiger partial charge on any atom is -0.508 e. The summed E-state index contributed by atoms with van der Waals surface area (Å²) in [7, 11) is 7.23. The van der Waals surface area contributed by atoms with E-state index in [-0.39, 0.29) is 69.3 Å². The zero-order chi connectivity index (χ0) is 65.1. The molecule has 5 aromatic rings. The van der Waals surface area contributed by atoms with Gasteiger partial charge in [-0.1, -0.05) is 91.0 Å². The largest absolute Gasteiger partial charge is 0.508 e. The molecule has 6 amide bonds. The molecule has 0 aliphatic carbocycles. The number of carbonyl (C=O) groups is 9. The summed E-state index contributed by atoms with van der Waals surface area (Å²) >= 11 is 0. The number of rotatable bonds is 11. The van der Waals surface area contributed by atoms with Gasteiger partial charge in [-0.3, -0.25) is 33.6 Å². The van der Waals surface area contributed by atoms with Crippen LogP contribution in [0.5, 0.6) is 23.0 Å². The lowest BCUT2D eigenvalue weighted by molar-refractivity contribution is -0.165. The minimum absolute atomic E-state index is 0.0355. The number of nitrogens with one attached hydrogen (secondary N) is 2. The van der Waals surface area contributed by atoms with Gasteiger partial charge in [0.05, 0.1) is 26.2 Å². The number of aryl methyl sites for hydroxylation is 1. The van der Waals surface area contributed by atoms with E-state index in [1.165, 1.54) is 89.4 Å². The molecule has 3 N–H and O–H groups in total. The summed E-state index contributed by atoms with van der Waals surface area (Å²) in [6.45, 7) is 1.14. The summed E-state index contributed by atoms with van der Waals surface area (Å²) in [5.74, 6) is -7.47. The topological polar surface area (TPSA) is 257 Å². The molecule has 2 aliphatic rings. The van der Waals surface area contributed by atoms with Gasteiger partial charge >= 0.3 is 11.9 Å². The van der Waals surface area contributed by atoms with Crippen LogP contribution >= 0.6 is 0 Å². The van der Waals surface area contributed by atoms with Crippen molar-refractivity contribution in [3.8, 4) is 23.0 Å². The number of methoxy groups -OCH3 is 2. The van der Waals surface area contributed by atoms with E-state index in [2.05, 4.69) is 10.6 Å². The maximum absolute atomic E-state index is 16.0. The van der Waals surface area contributed by atoms with Crippen LogP contribution in [0.15, 0.2) is 133 Å². The molecule has 7 rings (SSSR count). The number of hydrogen-bond acceptors (Lipinski definition) is 15. The van der Waals surface area contributed by atoms with Gasteiger partial charge in [0.25, 0.3) is 11.8 Å². The quantitative estimate of drug-likeness (QED) is 0.100. The van der Waals surface area contributed by atoms with E-state index in [1.807, 2.05) is 0 Å². The summed E-state index contributed by atoms with van der Waals surface area (Å²) in [5.41, 5.74) is 1.32. The van der Waals surface area contributed by atoms with Crippen LogP contribution in [0, 0.1) is 11.2 Å². The summed E-state index contributed by atoms with van der Waals surface area (Å²) in [6, 6.07) is 27.7. The van der Waals surface area contributed by atoms with Gasteiger partial charge in [-0.05, 0) is 117 Å². The van der Waals surface area contributed by atoms with Crippen molar-refractivity contribution in [2.75, 3.05) is 68.2 Å². The summed E-state index contributed by atoms with van der Waals surface area (Å²) in [4.78, 5) is 133. The first-order valence-electron chi connectivity index (χ1n) is 29.8. The number of carbonyl (C=O) groups excluding carboxylic acids is 9. The van der Waals surface area contributed by atoms with Crippen molar-refractivity contribution >= 4 is 53.2 Å². The van der Waals surface area contributed by atoms with Crippen molar-refractivity contribution in [1.82, 2.24) is 30.2 Å². The molecule has 5 atom stereocenters. The summed E-state index contributed by atoms with van der Waals surface area (Å²) in [6.07, 6.45) is 3.01. The van der Waals surface area contributed by atoms with Crippen molar-refractivity contribution < 1.29 is 76.3 Å². The molecule has 1 saturated heterocycles. The number of aromatic hydroxyl groups is 1. The Balaban J connectivity index is 1.23. The van der Waals surface area contributed by atoms with Crippen molar-refractivity contribution in [3.05, 3.63) is 167 Å². The van der Waals surface area contributed by atoms with Gasteiger partial charge in [0.1, 0.15) is 42.6 Å². The molecule has 0 saturated carbocycles. The van der Waals surface area contributed by atoms with Crippen molar-refractivity contribution in [2.24, 2.45) is 5.41 Å². The number of amides is 6. The average Bonchev–Trinajstić information content (AvgIpc) is 1.33. The number of likely N-dealkylation sites (N-methyl/N-ethyl adjacent to an activating group) is 3. The van der Waals surface area contributed by atoms with Gasteiger partial charge in [0.2, 0.25) is 29.4 Å². The maximum atomic E-state index is 16.0. The van der Waals surface area contributed by atoms with Crippen molar-refractivity contribution in [3.63, 3.8) is 0 Å². The Bertz CT molecular complexity index is 3380. The predicted molar refractivity (Wildman–Crippen MR) is 329 cm³/mol. The molecule has 0 aromatic heterocycles. The zero-order valence-corrected chi connectivity index (χ0v) is 51.8. The first kappa shape index (κ1) is 67.9. The van der Waals surface area contributed by atoms with Crippen LogP contribution in [0.3, 0.4) is 0 Å². The third-order valence-electron chi connectivity index (χ3n) is 15.9. The highest BCUT2D eigenvalue weighted by molar-refractivity contribution is 6.38. The van der Waals surface area contributed by atoms with E-state index in [0.717, 1.165) is 33.1 Å². The number of phenols is 1. The Labute approximate surface area is 523 Å². The number of benzene rings is 5. The van der Waals surface area contributed by atoms with E-state index in [1.54, 1.807) is 91.0 Å². The Morgan fingerprint density at radius 2 is 1.30 bits per heavy atom. The first-order valence-corrected chi connectivity index (χ1v) is 29.8. The number of ether oxygens (including phenoxy) is 5. The lowest BCUT2D eigenvalue weighted by Gasteiger charge is -2.36. The number of ketones is 1. The SMILES string of the molecule is COc1ccc(CC[C@H]2OC(=O)[C@@H]3CCCCN3C(=O)C(=O)C(C)(C)COC(=O)C=CCCN(C)C(=O)[C@@H](Cc3ccccc3)NC(=O)CN(C)C(=O)[C@@H](Cc3ccccc3)NC(=O)[C@H](Cc3ccc(O)cc3)N(C)C(=O)COc3cc2ccc3F)cc1OC. The number of halogens is 1. The van der Waals surface area contributed by atoms with Crippen LogP contribution in [-0.2, 0) is 78.3 Å². The van der Waals surface area contributed by atoms with Gasteiger partial charge in [0.15, 0.2) is 29.7 Å². The van der Waals surface area contributed by atoms with Crippen molar-refractivity contribution in [2.45, 2.75) is 102 Å². The Morgan fingerprint density at radius 3 is 1.96 bits per heavy atom. The van der Waals surface area contributed by atoms with Gasteiger partial charge in [-0.25, -0.2) is 14.0 Å². The number of Topliss-reactive ketones (excluding diaryl/α,β-unsaturated/α-hetero) is 1. The standard InChI is InChI=1S/C68H79FN6O15/c1-68(2)43-89-61(79)23-15-16-34-72(3)64(82)51(36-44-18-10-8-11-19-44)70-59(77)41-73(4)65(83)52(37-45-20-12-9-13-21-45)71-63(81)54(38-46-24-29-49(76)30-25-46)74(5)60(78)42-88-57-40-48(28-31-50(57)69)55(32-26-47-27-33-56(86-6)58(39-47)87-7)90-67(85)53-22-14-17-35-75(53)66(84)62(68)80/h8-13,15,18-21,23-25,27-31,33,39-40,51-55,76H,14,16-17,22,26,32,34-38,41-43H2,1-7H3,(H,70,77)(H,71,81)/t51-,52-,53+,54+,55-/m1/s1. The molecule has 2 bridgehead atoms. The fourth-order valence-corrected chi connectivity index (χ4v) is 10.5. The second-order valence-electron chi connectivity index (χ2n) is 23.1. The Hall–Kier alpha value is -9.60. The third-order valence-corrected chi connectivity index (χ3v) is 15.9. The molecule has 21 nitrogen and oxygen atoms in total. The van der Waals surface area contributed by atoms with Gasteiger partial charge in [-0.2, -0.15) is 0 Å². The van der Waals surface area contributed by atoms with E-state index in [0.29, 0.717) is 35.5 Å².